The fraction of sp³-hybridized carbons (Fsp3) is 0.882. The van der Waals surface area contributed by atoms with E-state index >= 15 is 0 Å². The van der Waals surface area contributed by atoms with E-state index in [-0.39, 0.29) is 0 Å². The molecule has 3 atom stereocenters. The molecule has 0 bridgehead atoms. The molecule has 0 spiro atoms. The first-order valence-electron chi connectivity index (χ1n) is 8.70. The van der Waals surface area contributed by atoms with Crippen LogP contribution in [0.2, 0.25) is 0 Å². The Morgan fingerprint density at radius 1 is 1.33 bits per heavy atom. The molecule has 0 radical (unpaired) electrons. The van der Waals surface area contributed by atoms with Crippen molar-refractivity contribution in [2.75, 3.05) is 13.1 Å². The van der Waals surface area contributed by atoms with Crippen LogP contribution in [0.3, 0.4) is 0 Å². The summed E-state index contributed by atoms with van der Waals surface area (Å²) in [6.07, 6.45) is 8.09. The van der Waals surface area contributed by atoms with Gasteiger partial charge in [0, 0.05) is 12.5 Å². The highest BCUT2D eigenvalue weighted by Gasteiger charge is 2.29. The molecule has 1 aromatic rings. The van der Waals surface area contributed by atoms with Crippen molar-refractivity contribution in [3.63, 3.8) is 0 Å². The highest BCUT2D eigenvalue weighted by atomic mass is 15.3. The molecule has 4 nitrogen and oxygen atoms in total. The summed E-state index contributed by atoms with van der Waals surface area (Å²) in [6, 6.07) is 0.403. The van der Waals surface area contributed by atoms with E-state index in [4.69, 9.17) is 0 Å². The highest BCUT2D eigenvalue weighted by molar-refractivity contribution is 4.93. The van der Waals surface area contributed by atoms with Crippen molar-refractivity contribution in [3.8, 4) is 0 Å². The van der Waals surface area contributed by atoms with E-state index in [1.807, 2.05) is 0 Å². The molecule has 3 unspecified atom stereocenters. The molecule has 1 aliphatic rings. The van der Waals surface area contributed by atoms with E-state index in [0.717, 1.165) is 30.7 Å². The van der Waals surface area contributed by atoms with Gasteiger partial charge in [-0.25, -0.2) is 9.67 Å². The lowest BCUT2D eigenvalue weighted by Crippen LogP contribution is -2.34. The second kappa shape index (κ2) is 7.92. The number of rotatable bonds is 7. The Kier molecular flexibility index (Phi) is 6.22. The van der Waals surface area contributed by atoms with Crippen molar-refractivity contribution in [2.45, 2.75) is 65.8 Å². The first-order valence-corrected chi connectivity index (χ1v) is 8.70. The third-order valence-corrected chi connectivity index (χ3v) is 4.82. The molecule has 1 aliphatic carbocycles. The predicted molar refractivity (Wildman–Crippen MR) is 87.3 cm³/mol. The third-order valence-electron chi connectivity index (χ3n) is 4.82. The number of hydrogen-bond donors (Lipinski definition) is 1. The van der Waals surface area contributed by atoms with Crippen LogP contribution in [0, 0.1) is 17.8 Å². The first kappa shape index (κ1) is 16.5. The Hall–Kier alpha value is -0.900. The van der Waals surface area contributed by atoms with Gasteiger partial charge in [0.2, 0.25) is 0 Å². The van der Waals surface area contributed by atoms with Gasteiger partial charge < -0.3 is 5.32 Å². The Bertz CT molecular complexity index is 413. The van der Waals surface area contributed by atoms with Gasteiger partial charge in [-0.3, -0.25) is 0 Å². The molecule has 21 heavy (non-hydrogen) atoms. The van der Waals surface area contributed by atoms with Crippen LogP contribution in [-0.2, 0) is 6.42 Å². The monoisotopic (exact) mass is 292 g/mol. The van der Waals surface area contributed by atoms with Crippen LogP contribution < -0.4 is 5.32 Å². The summed E-state index contributed by atoms with van der Waals surface area (Å²) in [5.41, 5.74) is 0. The Morgan fingerprint density at radius 2 is 2.14 bits per heavy atom. The van der Waals surface area contributed by atoms with Gasteiger partial charge in [0.25, 0.3) is 0 Å². The summed E-state index contributed by atoms with van der Waals surface area (Å²) in [4.78, 5) is 4.52. The van der Waals surface area contributed by atoms with Crippen LogP contribution in [0.5, 0.6) is 0 Å². The maximum Gasteiger partial charge on any atom is 0.138 e. The molecule has 0 saturated heterocycles. The highest BCUT2D eigenvalue weighted by Crippen LogP contribution is 2.35. The second-order valence-electron chi connectivity index (χ2n) is 7.06. The average molecular weight is 292 g/mol. The quantitative estimate of drug-likeness (QED) is 0.783. The number of nitrogens with one attached hydrogen (secondary N) is 1. The third kappa shape index (κ3) is 4.53. The molecule has 2 rings (SSSR count). The van der Waals surface area contributed by atoms with Crippen molar-refractivity contribution in [2.24, 2.45) is 17.8 Å². The largest absolute Gasteiger partial charge is 0.316 e. The molecular weight excluding hydrogens is 260 g/mol. The first-order chi connectivity index (χ1) is 10.1. The molecule has 1 N–H and O–H groups in total. The van der Waals surface area contributed by atoms with Gasteiger partial charge >= 0.3 is 0 Å². The zero-order valence-electron chi connectivity index (χ0n) is 14.2. The zero-order valence-corrected chi connectivity index (χ0v) is 14.2. The normalized spacial score (nSPS) is 26.4. The van der Waals surface area contributed by atoms with E-state index in [1.54, 1.807) is 6.33 Å². The molecule has 1 aromatic heterocycles. The molecular formula is C17H32N4. The lowest BCUT2D eigenvalue weighted by molar-refractivity contribution is 0.179. The Labute approximate surface area is 129 Å². The van der Waals surface area contributed by atoms with Crippen LogP contribution in [0.15, 0.2) is 6.33 Å². The number of aromatic nitrogens is 3. The lowest BCUT2D eigenvalue weighted by Gasteiger charge is -2.35. The topological polar surface area (TPSA) is 42.7 Å². The minimum atomic E-state index is 0.403. The van der Waals surface area contributed by atoms with Crippen molar-refractivity contribution < 1.29 is 0 Å². The molecule has 1 fully saturated rings. The minimum Gasteiger partial charge on any atom is -0.316 e. The van der Waals surface area contributed by atoms with Crippen LogP contribution in [0.4, 0.5) is 0 Å². The zero-order chi connectivity index (χ0) is 15.2. The van der Waals surface area contributed by atoms with E-state index in [2.05, 4.69) is 47.8 Å². The molecule has 1 saturated carbocycles. The summed E-state index contributed by atoms with van der Waals surface area (Å²) in [5.74, 6) is 3.57. The maximum atomic E-state index is 4.52. The van der Waals surface area contributed by atoms with E-state index in [1.165, 1.54) is 38.1 Å². The van der Waals surface area contributed by atoms with Crippen molar-refractivity contribution >= 4 is 0 Å². The minimum absolute atomic E-state index is 0.403. The average Bonchev–Trinajstić information content (AvgIpc) is 2.90. The van der Waals surface area contributed by atoms with Crippen LogP contribution >= 0.6 is 0 Å². The predicted octanol–water partition coefficient (Wildman–Crippen LogP) is 3.45. The van der Waals surface area contributed by atoms with Gasteiger partial charge in [-0.2, -0.15) is 5.10 Å². The summed E-state index contributed by atoms with van der Waals surface area (Å²) in [6.45, 7) is 11.3. The van der Waals surface area contributed by atoms with Crippen LogP contribution in [0.25, 0.3) is 0 Å². The summed E-state index contributed by atoms with van der Waals surface area (Å²) < 4.78 is 2.09. The molecule has 120 valence electrons. The van der Waals surface area contributed by atoms with Crippen LogP contribution in [-0.4, -0.2) is 27.9 Å². The SMILES string of the molecule is CCCNCC1CCC(C)CC1Cc1ncnn1C(C)C. The van der Waals surface area contributed by atoms with Gasteiger partial charge in [0.1, 0.15) is 12.2 Å². The smallest absolute Gasteiger partial charge is 0.138 e. The lowest BCUT2D eigenvalue weighted by atomic mass is 9.73. The summed E-state index contributed by atoms with van der Waals surface area (Å²) >= 11 is 0. The van der Waals surface area contributed by atoms with Gasteiger partial charge in [-0.05, 0) is 64.0 Å². The van der Waals surface area contributed by atoms with Crippen LogP contribution in [0.1, 0.15) is 65.2 Å². The van der Waals surface area contributed by atoms with E-state index in [0.29, 0.717) is 6.04 Å². The van der Waals surface area contributed by atoms with E-state index < -0.39 is 0 Å². The standard InChI is InChI=1S/C17H32N4/c1-5-8-18-11-15-7-6-14(4)9-16(15)10-17-19-12-20-21(17)13(2)3/h12-16,18H,5-11H2,1-4H3. The maximum absolute atomic E-state index is 4.52. The van der Waals surface area contributed by atoms with E-state index in [9.17, 15) is 0 Å². The van der Waals surface area contributed by atoms with Crippen molar-refractivity contribution in [1.29, 1.82) is 0 Å². The molecule has 0 aromatic carbocycles. The Morgan fingerprint density at radius 3 is 2.86 bits per heavy atom. The fourth-order valence-electron chi connectivity index (χ4n) is 3.63. The summed E-state index contributed by atoms with van der Waals surface area (Å²) in [7, 11) is 0. The van der Waals surface area contributed by atoms with Gasteiger partial charge in [0.05, 0.1) is 0 Å². The van der Waals surface area contributed by atoms with Crippen molar-refractivity contribution in [1.82, 2.24) is 20.1 Å². The Balaban J connectivity index is 2.00. The molecule has 0 amide bonds. The molecule has 0 aliphatic heterocycles. The number of hydrogen-bond acceptors (Lipinski definition) is 3. The second-order valence-corrected chi connectivity index (χ2v) is 7.06. The summed E-state index contributed by atoms with van der Waals surface area (Å²) in [5, 5.41) is 8.01. The number of nitrogens with zero attached hydrogens (tertiary/aromatic N) is 3. The molecule has 4 heteroatoms. The van der Waals surface area contributed by atoms with Gasteiger partial charge in [-0.15, -0.1) is 0 Å². The molecule has 1 heterocycles. The van der Waals surface area contributed by atoms with Gasteiger partial charge in [-0.1, -0.05) is 20.3 Å². The fourth-order valence-corrected chi connectivity index (χ4v) is 3.63. The van der Waals surface area contributed by atoms with Gasteiger partial charge in [0.15, 0.2) is 0 Å². The van der Waals surface area contributed by atoms with Crippen molar-refractivity contribution in [3.05, 3.63) is 12.2 Å².